The zero-order valence-corrected chi connectivity index (χ0v) is 22.1. The van der Waals surface area contributed by atoms with Gasteiger partial charge in [-0.1, -0.05) is 62.0 Å². The Labute approximate surface area is 248 Å². The van der Waals surface area contributed by atoms with Crippen LogP contribution in [0.2, 0.25) is 0 Å². The fourth-order valence-corrected chi connectivity index (χ4v) is 4.62. The van der Waals surface area contributed by atoms with Crippen LogP contribution in [-0.2, 0) is 0 Å². The Morgan fingerprint density at radius 3 is 0.837 bits per heavy atom. The summed E-state index contributed by atoms with van der Waals surface area (Å²) in [5, 5.41) is 0. The molecule has 0 spiro atoms. The highest BCUT2D eigenvalue weighted by atomic mass is 15.0. The Hall–Kier alpha value is -6.09. The molecule has 9 nitrogen and oxygen atoms in total. The van der Waals surface area contributed by atoms with Crippen molar-refractivity contribution in [1.82, 2.24) is 44.9 Å². The summed E-state index contributed by atoms with van der Waals surface area (Å²) in [5.74, 6) is 1.65. The lowest BCUT2D eigenvalue weighted by Crippen LogP contribution is -2.00. The van der Waals surface area contributed by atoms with Gasteiger partial charge in [0.1, 0.15) is 19.0 Å². The van der Waals surface area contributed by atoms with Crippen LogP contribution in [0.5, 0.6) is 0 Å². The summed E-state index contributed by atoms with van der Waals surface area (Å²) in [6, 6.07) is 24.1. The van der Waals surface area contributed by atoms with E-state index in [1.54, 1.807) is 37.2 Å². The molecule has 0 unspecified atom stereocenters. The van der Waals surface area contributed by atoms with Crippen molar-refractivity contribution in [1.29, 1.82) is 0 Å². The third kappa shape index (κ3) is 5.86. The van der Waals surface area contributed by atoms with Crippen LogP contribution in [-0.4, -0.2) is 44.9 Å². The SMILES string of the molecule is C.c1cc(-c2cncnc2)cc(-c2nc(-c3cccc(-c4cncnc4)c3)nc(-c3cccc(-c4cncnc4)c3)n2)c1. The highest BCUT2D eigenvalue weighted by Gasteiger charge is 2.14. The third-order valence-corrected chi connectivity index (χ3v) is 6.68. The number of benzene rings is 3. The van der Waals surface area contributed by atoms with Crippen molar-refractivity contribution in [3.8, 4) is 67.5 Å². The average molecular weight is 560 g/mol. The molecule has 7 aromatic rings. The molecule has 0 N–H and O–H groups in total. The molecular formula is C34H25N9. The lowest BCUT2D eigenvalue weighted by atomic mass is 10.0. The van der Waals surface area contributed by atoms with Crippen LogP contribution in [0.3, 0.4) is 0 Å². The molecule has 0 amide bonds. The molecule has 4 aromatic heterocycles. The Balaban J connectivity index is 0.00000329. The smallest absolute Gasteiger partial charge is 0.164 e. The second-order valence-electron chi connectivity index (χ2n) is 9.43. The van der Waals surface area contributed by atoms with E-state index in [9.17, 15) is 0 Å². The van der Waals surface area contributed by atoms with E-state index in [2.05, 4.69) is 29.9 Å². The van der Waals surface area contributed by atoms with E-state index in [0.717, 1.165) is 50.1 Å². The molecule has 206 valence electrons. The molecule has 0 aliphatic heterocycles. The summed E-state index contributed by atoms with van der Waals surface area (Å²) >= 11 is 0. The predicted molar refractivity (Wildman–Crippen MR) is 166 cm³/mol. The first-order chi connectivity index (χ1) is 20.8. The molecular weight excluding hydrogens is 534 g/mol. The van der Waals surface area contributed by atoms with Gasteiger partial charge in [-0.25, -0.2) is 44.9 Å². The summed E-state index contributed by atoms with van der Waals surface area (Å²) in [5.41, 5.74) is 8.17. The maximum absolute atomic E-state index is 4.94. The van der Waals surface area contributed by atoms with Crippen LogP contribution in [0.1, 0.15) is 7.43 Å². The first-order valence-corrected chi connectivity index (χ1v) is 13.1. The summed E-state index contributed by atoms with van der Waals surface area (Å²) in [4.78, 5) is 39.8. The van der Waals surface area contributed by atoms with Gasteiger partial charge in [-0.3, -0.25) is 0 Å². The van der Waals surface area contributed by atoms with Crippen molar-refractivity contribution in [2.24, 2.45) is 0 Å². The molecule has 43 heavy (non-hydrogen) atoms. The first kappa shape index (κ1) is 27.1. The molecule has 0 aliphatic rings. The topological polar surface area (TPSA) is 116 Å². The van der Waals surface area contributed by atoms with Crippen molar-refractivity contribution < 1.29 is 0 Å². The number of hydrogen-bond acceptors (Lipinski definition) is 9. The highest BCUT2D eigenvalue weighted by molar-refractivity contribution is 5.75. The van der Waals surface area contributed by atoms with E-state index in [0.29, 0.717) is 17.5 Å². The number of rotatable bonds is 6. The van der Waals surface area contributed by atoms with E-state index < -0.39 is 0 Å². The Bertz CT molecular complexity index is 1740. The summed E-state index contributed by atoms with van der Waals surface area (Å²) in [6.45, 7) is 0. The van der Waals surface area contributed by atoms with Crippen molar-refractivity contribution in [2.75, 3.05) is 0 Å². The van der Waals surface area contributed by atoms with Crippen LogP contribution < -0.4 is 0 Å². The summed E-state index contributed by atoms with van der Waals surface area (Å²) < 4.78 is 0. The second-order valence-corrected chi connectivity index (χ2v) is 9.43. The minimum Gasteiger partial charge on any atom is -0.244 e. The molecule has 0 radical (unpaired) electrons. The van der Waals surface area contributed by atoms with E-state index >= 15 is 0 Å². The molecule has 0 aliphatic carbocycles. The number of aromatic nitrogens is 9. The van der Waals surface area contributed by atoms with Gasteiger partial charge < -0.3 is 0 Å². The molecule has 0 saturated heterocycles. The van der Waals surface area contributed by atoms with Crippen LogP contribution in [0.4, 0.5) is 0 Å². The van der Waals surface area contributed by atoms with Gasteiger partial charge in [-0.15, -0.1) is 0 Å². The van der Waals surface area contributed by atoms with E-state index in [-0.39, 0.29) is 7.43 Å². The minimum atomic E-state index is 0. The van der Waals surface area contributed by atoms with Gasteiger partial charge in [0.05, 0.1) is 0 Å². The van der Waals surface area contributed by atoms with Gasteiger partial charge in [0.25, 0.3) is 0 Å². The van der Waals surface area contributed by atoms with Gasteiger partial charge in [0.15, 0.2) is 17.5 Å². The quantitative estimate of drug-likeness (QED) is 0.215. The third-order valence-electron chi connectivity index (χ3n) is 6.68. The van der Waals surface area contributed by atoms with E-state index in [1.165, 1.54) is 19.0 Å². The van der Waals surface area contributed by atoms with Gasteiger partial charge in [-0.2, -0.15) is 0 Å². The maximum atomic E-state index is 4.94. The molecule has 0 atom stereocenters. The largest absolute Gasteiger partial charge is 0.244 e. The monoisotopic (exact) mass is 559 g/mol. The van der Waals surface area contributed by atoms with Gasteiger partial charge in [0, 0.05) is 70.6 Å². The van der Waals surface area contributed by atoms with Crippen molar-refractivity contribution >= 4 is 0 Å². The lowest BCUT2D eigenvalue weighted by Gasteiger charge is -2.11. The molecule has 3 aromatic carbocycles. The fourth-order valence-electron chi connectivity index (χ4n) is 4.62. The molecule has 4 heterocycles. The van der Waals surface area contributed by atoms with Gasteiger partial charge >= 0.3 is 0 Å². The fraction of sp³-hybridized carbons (Fsp3) is 0.0294. The van der Waals surface area contributed by atoms with Crippen molar-refractivity contribution in [2.45, 2.75) is 7.43 Å². The first-order valence-electron chi connectivity index (χ1n) is 13.1. The van der Waals surface area contributed by atoms with Gasteiger partial charge in [0.2, 0.25) is 0 Å². The zero-order valence-electron chi connectivity index (χ0n) is 22.1. The molecule has 0 saturated carbocycles. The van der Waals surface area contributed by atoms with Crippen molar-refractivity contribution in [3.05, 3.63) is 129 Å². The van der Waals surface area contributed by atoms with Crippen LogP contribution in [0.15, 0.2) is 129 Å². The van der Waals surface area contributed by atoms with Crippen LogP contribution in [0, 0.1) is 0 Å². The molecule has 0 fully saturated rings. The second kappa shape index (κ2) is 12.2. The zero-order chi connectivity index (χ0) is 28.1. The standard InChI is InChI=1S/C33H21N9.CH4/c1-4-22(28-13-34-19-35-14-28)10-25(7-1)31-40-32(26-8-2-5-23(11-26)29-15-36-20-37-16-29)42-33(41-31)27-9-3-6-24(12-27)30-17-38-21-39-18-30;/h1-21H;1H4. The van der Waals surface area contributed by atoms with Gasteiger partial charge in [-0.05, 0) is 34.9 Å². The van der Waals surface area contributed by atoms with E-state index in [4.69, 9.17) is 15.0 Å². The highest BCUT2D eigenvalue weighted by Crippen LogP contribution is 2.30. The minimum absolute atomic E-state index is 0. The van der Waals surface area contributed by atoms with E-state index in [1.807, 2.05) is 72.8 Å². The van der Waals surface area contributed by atoms with Crippen LogP contribution >= 0.6 is 0 Å². The summed E-state index contributed by atoms with van der Waals surface area (Å²) in [7, 11) is 0. The predicted octanol–water partition coefficient (Wildman–Crippen LogP) is 6.88. The Morgan fingerprint density at radius 1 is 0.302 bits per heavy atom. The number of nitrogens with zero attached hydrogens (tertiary/aromatic N) is 9. The maximum Gasteiger partial charge on any atom is 0.164 e. The Kier molecular flexibility index (Phi) is 7.68. The average Bonchev–Trinajstić information content (AvgIpc) is 3.09. The lowest BCUT2D eigenvalue weighted by molar-refractivity contribution is 1.07. The molecule has 9 heteroatoms. The molecule has 7 rings (SSSR count). The normalized spacial score (nSPS) is 10.6. The van der Waals surface area contributed by atoms with Crippen LogP contribution in [0.25, 0.3) is 67.5 Å². The molecule has 0 bridgehead atoms. The van der Waals surface area contributed by atoms with Crippen molar-refractivity contribution in [3.63, 3.8) is 0 Å². The summed E-state index contributed by atoms with van der Waals surface area (Å²) in [6.07, 6.45) is 15.3. The Morgan fingerprint density at radius 2 is 0.558 bits per heavy atom. The number of hydrogen-bond donors (Lipinski definition) is 0.